The van der Waals surface area contributed by atoms with Crippen molar-refractivity contribution in [2.75, 3.05) is 5.32 Å². The fraction of sp³-hybridized carbons (Fsp3) is 0.467. The van der Waals surface area contributed by atoms with Crippen molar-refractivity contribution in [3.63, 3.8) is 0 Å². The quantitative estimate of drug-likeness (QED) is 0.854. The Balaban J connectivity index is 2.00. The molecule has 2 amide bonds. The lowest BCUT2D eigenvalue weighted by Gasteiger charge is -2.13. The molecule has 0 spiro atoms. The first-order chi connectivity index (χ1) is 9.10. The van der Waals surface area contributed by atoms with Crippen molar-refractivity contribution in [2.24, 2.45) is 0 Å². The molecule has 1 atom stereocenters. The van der Waals surface area contributed by atoms with Gasteiger partial charge >= 0.3 is 0 Å². The Hall–Kier alpha value is -1.84. The van der Waals surface area contributed by atoms with Crippen LogP contribution < -0.4 is 10.6 Å². The Morgan fingerprint density at radius 3 is 3.00 bits per heavy atom. The normalized spacial score (nSPS) is 14.7. The van der Waals surface area contributed by atoms with Crippen LogP contribution in [-0.2, 0) is 11.2 Å². The molecule has 0 aliphatic carbocycles. The zero-order valence-corrected chi connectivity index (χ0v) is 11.5. The molecule has 1 unspecified atom stereocenters. The molecular weight excluding hydrogens is 240 g/mol. The lowest BCUT2D eigenvalue weighted by atomic mass is 10.1. The van der Waals surface area contributed by atoms with Crippen molar-refractivity contribution in [1.82, 2.24) is 5.32 Å². The lowest BCUT2D eigenvalue weighted by molar-refractivity contribution is -0.115. The third kappa shape index (κ3) is 3.34. The number of amides is 2. The number of benzene rings is 1. The van der Waals surface area contributed by atoms with Gasteiger partial charge in [-0.25, -0.2) is 0 Å². The molecule has 2 rings (SSSR count). The highest BCUT2D eigenvalue weighted by molar-refractivity contribution is 6.02. The third-order valence-corrected chi connectivity index (χ3v) is 3.37. The van der Waals surface area contributed by atoms with Gasteiger partial charge in [0.05, 0.1) is 6.42 Å². The maximum atomic E-state index is 12.1. The van der Waals surface area contributed by atoms with Gasteiger partial charge in [-0.2, -0.15) is 0 Å². The fourth-order valence-corrected chi connectivity index (χ4v) is 2.25. The molecule has 0 radical (unpaired) electrons. The summed E-state index contributed by atoms with van der Waals surface area (Å²) in [7, 11) is 0. The summed E-state index contributed by atoms with van der Waals surface area (Å²) in [6.07, 6.45) is 3.64. The monoisotopic (exact) mass is 260 g/mol. The molecule has 0 saturated heterocycles. The molecule has 1 aromatic carbocycles. The minimum atomic E-state index is -0.0763. The molecule has 19 heavy (non-hydrogen) atoms. The molecule has 1 aromatic rings. The molecule has 0 saturated carbocycles. The van der Waals surface area contributed by atoms with E-state index in [0.29, 0.717) is 12.0 Å². The summed E-state index contributed by atoms with van der Waals surface area (Å²) < 4.78 is 0. The van der Waals surface area contributed by atoms with Crippen molar-refractivity contribution in [3.8, 4) is 0 Å². The minimum Gasteiger partial charge on any atom is -0.350 e. The Kier molecular flexibility index (Phi) is 4.20. The molecule has 0 aromatic heterocycles. The van der Waals surface area contributed by atoms with Crippen LogP contribution in [0.4, 0.5) is 5.69 Å². The maximum absolute atomic E-state index is 12.1. The highest BCUT2D eigenvalue weighted by Gasteiger charge is 2.19. The predicted octanol–water partition coefficient (Wildman–Crippen LogP) is 2.49. The van der Waals surface area contributed by atoms with Gasteiger partial charge in [0, 0.05) is 17.3 Å². The molecule has 0 fully saturated rings. The van der Waals surface area contributed by atoms with Crippen molar-refractivity contribution in [1.29, 1.82) is 0 Å². The Bertz CT molecular complexity index is 497. The van der Waals surface area contributed by atoms with Crippen LogP contribution in [0.3, 0.4) is 0 Å². The van der Waals surface area contributed by atoms with E-state index < -0.39 is 0 Å². The summed E-state index contributed by atoms with van der Waals surface area (Å²) in [5, 5.41) is 5.74. The predicted molar refractivity (Wildman–Crippen MR) is 75.2 cm³/mol. The molecule has 1 heterocycles. The van der Waals surface area contributed by atoms with Crippen molar-refractivity contribution in [3.05, 3.63) is 29.3 Å². The summed E-state index contributed by atoms with van der Waals surface area (Å²) in [6.45, 7) is 4.15. The number of rotatable bonds is 5. The van der Waals surface area contributed by atoms with Crippen LogP contribution in [0.2, 0.25) is 0 Å². The standard InChI is InChI=1S/C15H20N2O2/c1-3-4-5-10(2)16-15(19)12-7-6-11-9-14(18)17-13(11)8-12/h6-8,10H,3-5,9H2,1-2H3,(H,16,19)(H,17,18). The molecule has 102 valence electrons. The topological polar surface area (TPSA) is 58.2 Å². The van der Waals surface area contributed by atoms with Crippen LogP contribution in [0.1, 0.15) is 49.0 Å². The van der Waals surface area contributed by atoms with E-state index in [9.17, 15) is 9.59 Å². The van der Waals surface area contributed by atoms with Gasteiger partial charge in [-0.15, -0.1) is 0 Å². The van der Waals surface area contributed by atoms with Crippen LogP contribution in [0.25, 0.3) is 0 Å². The van der Waals surface area contributed by atoms with Crippen LogP contribution in [0.15, 0.2) is 18.2 Å². The smallest absolute Gasteiger partial charge is 0.251 e. The summed E-state index contributed by atoms with van der Waals surface area (Å²) in [5.74, 6) is -0.0866. The lowest BCUT2D eigenvalue weighted by Crippen LogP contribution is -2.32. The zero-order valence-electron chi connectivity index (χ0n) is 11.5. The number of carbonyl (C=O) groups is 2. The fourth-order valence-electron chi connectivity index (χ4n) is 2.25. The minimum absolute atomic E-state index is 0.0103. The maximum Gasteiger partial charge on any atom is 0.251 e. The number of hydrogen-bond donors (Lipinski definition) is 2. The van der Waals surface area contributed by atoms with E-state index in [4.69, 9.17) is 0 Å². The Labute approximate surface area is 113 Å². The Morgan fingerprint density at radius 2 is 2.26 bits per heavy atom. The second-order valence-corrected chi connectivity index (χ2v) is 5.11. The zero-order chi connectivity index (χ0) is 13.8. The molecule has 4 heteroatoms. The molecular formula is C15H20N2O2. The van der Waals surface area contributed by atoms with Gasteiger partial charge in [-0.3, -0.25) is 9.59 Å². The van der Waals surface area contributed by atoms with Crippen molar-refractivity contribution < 1.29 is 9.59 Å². The van der Waals surface area contributed by atoms with Gasteiger partial charge in [0.1, 0.15) is 0 Å². The summed E-state index contributed by atoms with van der Waals surface area (Å²) in [5.41, 5.74) is 2.32. The van der Waals surface area contributed by atoms with Crippen LogP contribution in [0.5, 0.6) is 0 Å². The number of fused-ring (bicyclic) bond motifs is 1. The second kappa shape index (κ2) is 5.87. The first-order valence-electron chi connectivity index (χ1n) is 6.83. The summed E-state index contributed by atoms with van der Waals surface area (Å²) >= 11 is 0. The van der Waals surface area contributed by atoms with Crippen molar-refractivity contribution >= 4 is 17.5 Å². The van der Waals surface area contributed by atoms with Gasteiger partial charge < -0.3 is 10.6 Å². The molecule has 0 bridgehead atoms. The van der Waals surface area contributed by atoms with Crippen molar-refractivity contribution in [2.45, 2.75) is 45.6 Å². The van der Waals surface area contributed by atoms with Gasteiger partial charge in [-0.05, 0) is 31.0 Å². The second-order valence-electron chi connectivity index (χ2n) is 5.11. The number of hydrogen-bond acceptors (Lipinski definition) is 2. The van der Waals surface area contributed by atoms with Gasteiger partial charge in [0.25, 0.3) is 5.91 Å². The molecule has 1 aliphatic heterocycles. The van der Waals surface area contributed by atoms with Crippen LogP contribution >= 0.6 is 0 Å². The average Bonchev–Trinajstić information content (AvgIpc) is 2.75. The van der Waals surface area contributed by atoms with E-state index in [-0.39, 0.29) is 17.9 Å². The average molecular weight is 260 g/mol. The van der Waals surface area contributed by atoms with Crippen LogP contribution in [-0.4, -0.2) is 17.9 Å². The van der Waals surface area contributed by atoms with E-state index in [2.05, 4.69) is 17.6 Å². The summed E-state index contributed by atoms with van der Waals surface area (Å²) in [6, 6.07) is 5.55. The largest absolute Gasteiger partial charge is 0.350 e. The molecule has 2 N–H and O–H groups in total. The molecule has 1 aliphatic rings. The Morgan fingerprint density at radius 1 is 1.47 bits per heavy atom. The van der Waals surface area contributed by atoms with E-state index >= 15 is 0 Å². The highest BCUT2D eigenvalue weighted by atomic mass is 16.2. The van der Waals surface area contributed by atoms with E-state index in [1.165, 1.54) is 0 Å². The van der Waals surface area contributed by atoms with Crippen LogP contribution in [0, 0.1) is 0 Å². The van der Waals surface area contributed by atoms with E-state index in [1.54, 1.807) is 12.1 Å². The SMILES string of the molecule is CCCCC(C)NC(=O)c1ccc2c(c1)NC(=O)C2. The van der Waals surface area contributed by atoms with Gasteiger partial charge in [0.2, 0.25) is 5.91 Å². The number of nitrogens with one attached hydrogen (secondary N) is 2. The highest BCUT2D eigenvalue weighted by Crippen LogP contribution is 2.24. The number of carbonyl (C=O) groups excluding carboxylic acids is 2. The first kappa shape index (κ1) is 13.6. The van der Waals surface area contributed by atoms with E-state index in [0.717, 1.165) is 30.5 Å². The number of anilines is 1. The molecule has 4 nitrogen and oxygen atoms in total. The first-order valence-corrected chi connectivity index (χ1v) is 6.83. The number of unbranched alkanes of at least 4 members (excludes halogenated alkanes) is 1. The van der Waals surface area contributed by atoms with Gasteiger partial charge in [0.15, 0.2) is 0 Å². The van der Waals surface area contributed by atoms with E-state index in [1.807, 2.05) is 13.0 Å². The summed E-state index contributed by atoms with van der Waals surface area (Å²) in [4.78, 5) is 23.3. The third-order valence-electron chi connectivity index (χ3n) is 3.37. The van der Waals surface area contributed by atoms with Gasteiger partial charge in [-0.1, -0.05) is 25.8 Å².